The molecule has 0 radical (unpaired) electrons. The lowest BCUT2D eigenvalue weighted by Crippen LogP contribution is -2.24. The molecular weight excluding hydrogens is 372 g/mol. The molecule has 0 saturated carbocycles. The van der Waals surface area contributed by atoms with Crippen molar-refractivity contribution in [3.8, 4) is 0 Å². The number of carbonyl (C=O) groups excluding carboxylic acids is 2. The van der Waals surface area contributed by atoms with E-state index in [4.69, 9.17) is 0 Å². The summed E-state index contributed by atoms with van der Waals surface area (Å²) in [5.74, 6) is -7.69. The summed E-state index contributed by atoms with van der Waals surface area (Å²) in [5, 5.41) is 3.61. The van der Waals surface area contributed by atoms with Crippen molar-refractivity contribution in [2.45, 2.75) is 24.0 Å². The number of hydrogen-bond donors (Lipinski definition) is 2. The standard InChI is InChI=1S/C17H14F4N2O2S/c1-8(26-11-5-3-4-10(6-11)22-9(2)24)17(25)23-16-14(20)12(18)7-13(19)15(16)21/h3-8H,1-2H3,(H,22,24)(H,23,25). The van der Waals surface area contributed by atoms with Crippen LogP contribution in [0.2, 0.25) is 0 Å². The van der Waals surface area contributed by atoms with Crippen LogP contribution in [-0.2, 0) is 9.59 Å². The third-order valence-electron chi connectivity index (χ3n) is 3.20. The normalized spacial score (nSPS) is 11.8. The molecule has 2 aromatic rings. The molecule has 0 spiro atoms. The predicted octanol–water partition coefficient (Wildman–Crippen LogP) is 4.32. The summed E-state index contributed by atoms with van der Waals surface area (Å²) in [6.07, 6.45) is 0. The van der Waals surface area contributed by atoms with Crippen LogP contribution in [0, 0.1) is 23.3 Å². The molecule has 2 rings (SSSR count). The molecule has 1 atom stereocenters. The van der Waals surface area contributed by atoms with Crippen LogP contribution in [0.5, 0.6) is 0 Å². The maximum absolute atomic E-state index is 13.6. The van der Waals surface area contributed by atoms with Crippen LogP contribution < -0.4 is 10.6 Å². The van der Waals surface area contributed by atoms with Crippen molar-refractivity contribution < 1.29 is 27.2 Å². The highest BCUT2D eigenvalue weighted by atomic mass is 32.2. The molecule has 138 valence electrons. The first-order valence-corrected chi connectivity index (χ1v) is 8.25. The van der Waals surface area contributed by atoms with Crippen molar-refractivity contribution >= 4 is 35.0 Å². The van der Waals surface area contributed by atoms with Crippen LogP contribution in [0.3, 0.4) is 0 Å². The Labute approximate surface area is 151 Å². The van der Waals surface area contributed by atoms with Crippen LogP contribution >= 0.6 is 11.8 Å². The highest BCUT2D eigenvalue weighted by Gasteiger charge is 2.23. The Morgan fingerprint density at radius 3 is 2.19 bits per heavy atom. The monoisotopic (exact) mass is 386 g/mol. The number of rotatable bonds is 5. The second-order valence-electron chi connectivity index (χ2n) is 5.30. The quantitative estimate of drug-likeness (QED) is 0.457. The lowest BCUT2D eigenvalue weighted by Gasteiger charge is -2.14. The molecule has 0 fully saturated rings. The third kappa shape index (κ3) is 4.75. The Hall–Kier alpha value is -2.55. The molecule has 2 aromatic carbocycles. The third-order valence-corrected chi connectivity index (χ3v) is 4.29. The van der Waals surface area contributed by atoms with E-state index >= 15 is 0 Å². The molecule has 0 aliphatic heterocycles. The Balaban J connectivity index is 2.13. The van der Waals surface area contributed by atoms with Crippen LogP contribution in [0.4, 0.5) is 28.9 Å². The zero-order valence-electron chi connectivity index (χ0n) is 13.7. The largest absolute Gasteiger partial charge is 0.326 e. The van der Waals surface area contributed by atoms with Gasteiger partial charge in [-0.05, 0) is 25.1 Å². The average Bonchev–Trinajstić information content (AvgIpc) is 2.56. The molecule has 0 bridgehead atoms. The van der Waals surface area contributed by atoms with Gasteiger partial charge in [0.05, 0.1) is 5.25 Å². The molecular formula is C17H14F4N2O2S. The van der Waals surface area contributed by atoms with Crippen molar-refractivity contribution in [2.24, 2.45) is 0 Å². The van der Waals surface area contributed by atoms with Crippen molar-refractivity contribution in [1.82, 2.24) is 0 Å². The fourth-order valence-electron chi connectivity index (χ4n) is 2.02. The zero-order chi connectivity index (χ0) is 19.4. The fraction of sp³-hybridized carbons (Fsp3) is 0.176. The van der Waals surface area contributed by atoms with Crippen LogP contribution in [0.15, 0.2) is 35.2 Å². The van der Waals surface area contributed by atoms with E-state index in [0.717, 1.165) is 11.8 Å². The molecule has 9 heteroatoms. The minimum atomic E-state index is -1.68. The van der Waals surface area contributed by atoms with Gasteiger partial charge >= 0.3 is 0 Å². The second-order valence-corrected chi connectivity index (χ2v) is 6.72. The number of hydrogen-bond acceptors (Lipinski definition) is 3. The highest BCUT2D eigenvalue weighted by molar-refractivity contribution is 8.00. The lowest BCUT2D eigenvalue weighted by atomic mass is 10.2. The summed E-state index contributed by atoms with van der Waals surface area (Å²) in [7, 11) is 0. The zero-order valence-corrected chi connectivity index (χ0v) is 14.5. The first kappa shape index (κ1) is 19.8. The van der Waals surface area contributed by atoms with E-state index in [1.165, 1.54) is 13.8 Å². The van der Waals surface area contributed by atoms with Gasteiger partial charge in [-0.3, -0.25) is 9.59 Å². The Morgan fingerprint density at radius 2 is 1.62 bits per heavy atom. The average molecular weight is 386 g/mol. The smallest absolute Gasteiger partial charge is 0.237 e. The highest BCUT2D eigenvalue weighted by Crippen LogP contribution is 2.28. The second kappa shape index (κ2) is 8.22. The lowest BCUT2D eigenvalue weighted by molar-refractivity contribution is -0.115. The number of halogens is 4. The first-order valence-electron chi connectivity index (χ1n) is 7.37. The maximum Gasteiger partial charge on any atom is 0.237 e. The molecule has 0 saturated heterocycles. The van der Waals surface area contributed by atoms with Gasteiger partial charge in [-0.15, -0.1) is 11.8 Å². The molecule has 4 nitrogen and oxygen atoms in total. The summed E-state index contributed by atoms with van der Waals surface area (Å²) in [6.45, 7) is 2.80. The number of carbonyl (C=O) groups is 2. The molecule has 1 unspecified atom stereocenters. The van der Waals surface area contributed by atoms with Crippen LogP contribution in [0.25, 0.3) is 0 Å². The van der Waals surface area contributed by atoms with Crippen LogP contribution in [0.1, 0.15) is 13.8 Å². The Morgan fingerprint density at radius 1 is 1.00 bits per heavy atom. The van der Waals surface area contributed by atoms with Gasteiger partial charge in [-0.2, -0.15) is 0 Å². The SMILES string of the molecule is CC(=O)Nc1cccc(SC(C)C(=O)Nc2c(F)c(F)cc(F)c2F)c1. The minimum Gasteiger partial charge on any atom is -0.326 e. The Kier molecular flexibility index (Phi) is 6.25. The van der Waals surface area contributed by atoms with Gasteiger partial charge in [0.25, 0.3) is 0 Å². The molecule has 26 heavy (non-hydrogen) atoms. The number of nitrogens with one attached hydrogen (secondary N) is 2. The van der Waals surface area contributed by atoms with Crippen LogP contribution in [-0.4, -0.2) is 17.1 Å². The van der Waals surface area contributed by atoms with Gasteiger partial charge in [-0.25, -0.2) is 17.6 Å². The molecule has 0 aliphatic rings. The number of amides is 2. The van der Waals surface area contributed by atoms with Gasteiger partial charge in [0.2, 0.25) is 11.8 Å². The fourth-order valence-corrected chi connectivity index (χ4v) is 2.94. The maximum atomic E-state index is 13.6. The van der Waals surface area contributed by atoms with E-state index in [0.29, 0.717) is 10.6 Å². The van der Waals surface area contributed by atoms with E-state index in [1.807, 2.05) is 5.32 Å². The first-order chi connectivity index (χ1) is 12.2. The summed E-state index contributed by atoms with van der Waals surface area (Å²) in [5.41, 5.74) is -0.661. The van der Waals surface area contributed by atoms with E-state index in [1.54, 1.807) is 24.3 Å². The topological polar surface area (TPSA) is 58.2 Å². The van der Waals surface area contributed by atoms with Gasteiger partial charge < -0.3 is 10.6 Å². The number of benzene rings is 2. The van der Waals surface area contributed by atoms with E-state index in [9.17, 15) is 27.2 Å². The summed E-state index contributed by atoms with van der Waals surface area (Å²) in [4.78, 5) is 23.8. The number of anilines is 2. The summed E-state index contributed by atoms with van der Waals surface area (Å²) >= 11 is 1.04. The molecule has 0 aromatic heterocycles. The van der Waals surface area contributed by atoms with Crippen molar-refractivity contribution in [3.63, 3.8) is 0 Å². The number of thioether (sulfide) groups is 1. The summed E-state index contributed by atoms with van der Waals surface area (Å²) in [6, 6.07) is 6.64. The van der Waals surface area contributed by atoms with Crippen molar-refractivity contribution in [3.05, 3.63) is 53.6 Å². The predicted molar refractivity (Wildman–Crippen MR) is 91.0 cm³/mol. The molecule has 2 N–H and O–H groups in total. The summed E-state index contributed by atoms with van der Waals surface area (Å²) < 4.78 is 53.6. The van der Waals surface area contributed by atoms with Gasteiger partial charge in [0.15, 0.2) is 23.3 Å². The molecule has 0 aliphatic carbocycles. The van der Waals surface area contributed by atoms with E-state index < -0.39 is 40.1 Å². The van der Waals surface area contributed by atoms with Gasteiger partial charge in [0.1, 0.15) is 5.69 Å². The molecule has 0 heterocycles. The van der Waals surface area contributed by atoms with E-state index in [-0.39, 0.29) is 12.0 Å². The minimum absolute atomic E-state index is 0.0615. The van der Waals surface area contributed by atoms with Crippen molar-refractivity contribution in [1.29, 1.82) is 0 Å². The van der Waals surface area contributed by atoms with Gasteiger partial charge in [0, 0.05) is 23.6 Å². The van der Waals surface area contributed by atoms with Gasteiger partial charge in [-0.1, -0.05) is 6.07 Å². The Bertz CT molecular complexity index is 835. The van der Waals surface area contributed by atoms with Crippen molar-refractivity contribution in [2.75, 3.05) is 10.6 Å². The van der Waals surface area contributed by atoms with E-state index in [2.05, 4.69) is 5.32 Å². The molecule has 2 amide bonds.